The van der Waals surface area contributed by atoms with Gasteiger partial charge in [0.05, 0.1) is 36.8 Å². The number of carbonyl (C=O) groups excluding carboxylic acids is 1. The molecule has 0 atom stereocenters. The van der Waals surface area contributed by atoms with Crippen LogP contribution in [0.25, 0.3) is 22.4 Å². The Morgan fingerprint density at radius 2 is 1.74 bits per heavy atom. The van der Waals surface area contributed by atoms with Gasteiger partial charge in [0.25, 0.3) is 0 Å². The highest BCUT2D eigenvalue weighted by atomic mass is 35.5. The van der Waals surface area contributed by atoms with Crippen LogP contribution >= 0.6 is 11.6 Å². The van der Waals surface area contributed by atoms with Crippen molar-refractivity contribution in [2.75, 3.05) is 36.5 Å². The number of aliphatic hydroxyl groups excluding tert-OH is 1. The molecule has 0 bridgehead atoms. The molecule has 0 saturated carbocycles. The third-order valence-electron chi connectivity index (χ3n) is 5.79. The van der Waals surface area contributed by atoms with E-state index in [2.05, 4.69) is 15.2 Å². The van der Waals surface area contributed by atoms with Crippen LogP contribution in [0.15, 0.2) is 60.8 Å². The van der Waals surface area contributed by atoms with Crippen molar-refractivity contribution in [2.24, 2.45) is 0 Å². The smallest absolute Gasteiger partial charge is 0.228 e. The van der Waals surface area contributed by atoms with Gasteiger partial charge in [0, 0.05) is 30.5 Å². The van der Waals surface area contributed by atoms with Crippen molar-refractivity contribution in [3.63, 3.8) is 0 Å². The Balaban J connectivity index is 1.36. The molecular formula is C26H24ClN5O3. The van der Waals surface area contributed by atoms with Crippen LogP contribution in [0.5, 0.6) is 0 Å². The number of rotatable bonds is 6. The Kier molecular flexibility index (Phi) is 6.85. The molecule has 2 aromatic heterocycles. The van der Waals surface area contributed by atoms with Crippen LogP contribution in [-0.4, -0.2) is 52.3 Å². The Morgan fingerprint density at radius 3 is 2.46 bits per heavy atom. The zero-order chi connectivity index (χ0) is 24.2. The third-order valence-corrected chi connectivity index (χ3v) is 6.00. The van der Waals surface area contributed by atoms with E-state index in [0.717, 1.165) is 35.6 Å². The first-order valence-electron chi connectivity index (χ1n) is 11.3. The molecule has 8 nitrogen and oxygen atoms in total. The summed E-state index contributed by atoms with van der Waals surface area (Å²) in [6.07, 6.45) is 1.84. The van der Waals surface area contributed by atoms with Crippen molar-refractivity contribution < 1.29 is 14.6 Å². The number of nitrogens with zero attached hydrogens (tertiary/aromatic N) is 4. The first-order chi connectivity index (χ1) is 17.1. The minimum Gasteiger partial charge on any atom is -0.392 e. The van der Waals surface area contributed by atoms with E-state index >= 15 is 0 Å². The molecule has 1 aliphatic heterocycles. The van der Waals surface area contributed by atoms with Crippen LogP contribution in [0, 0.1) is 0 Å². The van der Waals surface area contributed by atoms with Crippen molar-refractivity contribution in [3.8, 4) is 11.4 Å². The lowest BCUT2D eigenvalue weighted by Gasteiger charge is -2.28. The maximum absolute atomic E-state index is 12.5. The van der Waals surface area contributed by atoms with Gasteiger partial charge in [0.1, 0.15) is 5.52 Å². The Labute approximate surface area is 207 Å². The number of pyridine rings is 1. The van der Waals surface area contributed by atoms with Crippen molar-refractivity contribution in [1.82, 2.24) is 15.0 Å². The average Bonchev–Trinajstić information content (AvgIpc) is 2.89. The van der Waals surface area contributed by atoms with Crippen LogP contribution in [0.4, 0.5) is 11.5 Å². The molecule has 0 aliphatic carbocycles. The maximum Gasteiger partial charge on any atom is 0.228 e. The van der Waals surface area contributed by atoms with Gasteiger partial charge in [0.15, 0.2) is 11.6 Å². The van der Waals surface area contributed by atoms with Gasteiger partial charge in [-0.1, -0.05) is 48.0 Å². The number of fused-ring (bicyclic) bond motifs is 1. The summed E-state index contributed by atoms with van der Waals surface area (Å²) in [5, 5.41) is 12.5. The number of ether oxygens (including phenoxy) is 1. The normalized spacial score (nSPS) is 13.7. The number of carbonyl (C=O) groups is 1. The van der Waals surface area contributed by atoms with Gasteiger partial charge >= 0.3 is 0 Å². The average molecular weight is 490 g/mol. The van der Waals surface area contributed by atoms with Gasteiger partial charge in [-0.05, 0) is 29.3 Å². The molecule has 0 unspecified atom stereocenters. The highest BCUT2D eigenvalue weighted by Gasteiger charge is 2.19. The van der Waals surface area contributed by atoms with Gasteiger partial charge in [-0.15, -0.1) is 0 Å². The summed E-state index contributed by atoms with van der Waals surface area (Å²) in [5.74, 6) is 1.22. The second-order valence-electron chi connectivity index (χ2n) is 8.27. The van der Waals surface area contributed by atoms with Crippen LogP contribution in [0.1, 0.15) is 11.1 Å². The lowest BCUT2D eigenvalue weighted by Crippen LogP contribution is -2.37. The lowest BCUT2D eigenvalue weighted by atomic mass is 10.1. The first kappa shape index (κ1) is 23.2. The first-order valence-corrected chi connectivity index (χ1v) is 11.7. The molecule has 0 spiro atoms. The number of hydrogen-bond acceptors (Lipinski definition) is 7. The number of hydrogen-bond donors (Lipinski definition) is 2. The summed E-state index contributed by atoms with van der Waals surface area (Å²) >= 11 is 6.19. The molecule has 2 N–H and O–H groups in total. The summed E-state index contributed by atoms with van der Waals surface area (Å²) in [4.78, 5) is 28.7. The number of amides is 1. The Morgan fingerprint density at radius 1 is 1.03 bits per heavy atom. The fourth-order valence-corrected chi connectivity index (χ4v) is 4.11. The standard InChI is InChI=1S/C26H24ClN5O3/c27-20-14-22-24(28-15-20)26(32-9-11-35-12-10-32)31-25(30-22)19-5-1-17(2-6-19)13-23(34)29-21-7-3-18(16-33)4-8-21/h1-8,14-15,33H,9-13,16H2,(H,29,34). The largest absolute Gasteiger partial charge is 0.392 e. The van der Waals surface area contributed by atoms with Gasteiger partial charge in [-0.2, -0.15) is 0 Å². The number of aromatic nitrogens is 3. The third kappa shape index (κ3) is 5.40. The SMILES string of the molecule is O=C(Cc1ccc(-c2nc(N3CCOCC3)c3ncc(Cl)cc3n2)cc1)Nc1ccc(CO)cc1. The predicted molar refractivity (Wildman–Crippen MR) is 136 cm³/mol. The van der Waals surface area contributed by atoms with Crippen molar-refractivity contribution >= 4 is 40.0 Å². The fourth-order valence-electron chi connectivity index (χ4n) is 3.96. The summed E-state index contributed by atoms with van der Waals surface area (Å²) in [5.41, 5.74) is 4.59. The van der Waals surface area contributed by atoms with Crippen LogP contribution < -0.4 is 10.2 Å². The number of benzene rings is 2. The molecular weight excluding hydrogens is 466 g/mol. The van der Waals surface area contributed by atoms with E-state index in [1.54, 1.807) is 36.5 Å². The van der Waals surface area contributed by atoms with Crippen LogP contribution in [0.2, 0.25) is 5.02 Å². The minimum atomic E-state index is -0.119. The van der Waals surface area contributed by atoms with Crippen molar-refractivity contribution in [1.29, 1.82) is 0 Å². The molecule has 1 fully saturated rings. The van der Waals surface area contributed by atoms with E-state index in [1.165, 1.54) is 0 Å². The fraction of sp³-hybridized carbons (Fsp3) is 0.231. The molecule has 0 radical (unpaired) electrons. The zero-order valence-corrected chi connectivity index (χ0v) is 19.7. The second kappa shape index (κ2) is 10.4. The molecule has 1 aliphatic rings. The molecule has 35 heavy (non-hydrogen) atoms. The number of anilines is 2. The molecule has 9 heteroatoms. The number of aliphatic hydroxyl groups is 1. The lowest BCUT2D eigenvalue weighted by molar-refractivity contribution is -0.115. The summed E-state index contributed by atoms with van der Waals surface area (Å²) < 4.78 is 5.49. The number of morpholine rings is 1. The van der Waals surface area contributed by atoms with E-state index in [1.807, 2.05) is 24.3 Å². The second-order valence-corrected chi connectivity index (χ2v) is 8.70. The van der Waals surface area contributed by atoms with E-state index in [9.17, 15) is 4.79 Å². The van der Waals surface area contributed by atoms with Gasteiger partial charge in [-0.3, -0.25) is 4.79 Å². The van der Waals surface area contributed by atoms with E-state index in [-0.39, 0.29) is 18.9 Å². The van der Waals surface area contributed by atoms with Gasteiger partial charge < -0.3 is 20.1 Å². The van der Waals surface area contributed by atoms with Gasteiger partial charge in [-0.25, -0.2) is 15.0 Å². The Bertz CT molecular complexity index is 1340. The molecule has 1 saturated heterocycles. The van der Waals surface area contributed by atoms with E-state index in [4.69, 9.17) is 31.4 Å². The highest BCUT2D eigenvalue weighted by molar-refractivity contribution is 6.31. The molecule has 178 valence electrons. The highest BCUT2D eigenvalue weighted by Crippen LogP contribution is 2.28. The maximum atomic E-state index is 12.5. The topological polar surface area (TPSA) is 100 Å². The molecule has 1 amide bonds. The number of nitrogens with one attached hydrogen (secondary N) is 1. The van der Waals surface area contributed by atoms with Crippen molar-refractivity contribution in [2.45, 2.75) is 13.0 Å². The van der Waals surface area contributed by atoms with E-state index < -0.39 is 0 Å². The zero-order valence-electron chi connectivity index (χ0n) is 18.9. The quantitative estimate of drug-likeness (QED) is 0.424. The van der Waals surface area contributed by atoms with Crippen LogP contribution in [-0.2, 0) is 22.6 Å². The number of halogens is 1. The van der Waals surface area contributed by atoms with E-state index in [0.29, 0.717) is 40.8 Å². The summed E-state index contributed by atoms with van der Waals surface area (Å²) in [7, 11) is 0. The van der Waals surface area contributed by atoms with Gasteiger partial charge in [0.2, 0.25) is 5.91 Å². The van der Waals surface area contributed by atoms with Crippen molar-refractivity contribution in [3.05, 3.63) is 76.9 Å². The molecule has 4 aromatic rings. The summed E-state index contributed by atoms with van der Waals surface area (Å²) in [6, 6.07) is 16.5. The predicted octanol–water partition coefficient (Wildman–Crippen LogP) is 3.86. The monoisotopic (exact) mass is 489 g/mol. The van der Waals surface area contributed by atoms with Crippen LogP contribution in [0.3, 0.4) is 0 Å². The molecule has 3 heterocycles. The minimum absolute atomic E-state index is 0.0288. The summed E-state index contributed by atoms with van der Waals surface area (Å²) in [6.45, 7) is 2.70. The molecule has 2 aromatic carbocycles. The molecule has 5 rings (SSSR count). The Hall–Kier alpha value is -3.59.